The van der Waals surface area contributed by atoms with Gasteiger partial charge in [0.15, 0.2) is 0 Å². The zero-order valence-electron chi connectivity index (χ0n) is 8.64. The van der Waals surface area contributed by atoms with Gasteiger partial charge in [-0.25, -0.2) is 0 Å². The summed E-state index contributed by atoms with van der Waals surface area (Å²) >= 11 is 0. The van der Waals surface area contributed by atoms with Gasteiger partial charge in [-0.2, -0.15) is 5.26 Å². The summed E-state index contributed by atoms with van der Waals surface area (Å²) in [6.07, 6.45) is 0.188. The Morgan fingerprint density at radius 1 is 1.20 bits per heavy atom. The molecule has 0 radical (unpaired) electrons. The molecule has 0 aromatic heterocycles. The quantitative estimate of drug-likeness (QED) is 0.701. The highest BCUT2D eigenvalue weighted by atomic mass is 16.6. The van der Waals surface area contributed by atoms with E-state index in [0.717, 1.165) is 5.56 Å². The molecular weight excluding hydrogens is 190 g/mol. The van der Waals surface area contributed by atoms with Crippen LogP contribution < -0.4 is 0 Å². The van der Waals surface area contributed by atoms with Gasteiger partial charge in [0.2, 0.25) is 0 Å². The molecule has 0 unspecified atom stereocenters. The van der Waals surface area contributed by atoms with Crippen LogP contribution in [0, 0.1) is 11.3 Å². The third-order valence-electron chi connectivity index (χ3n) is 2.48. The first-order chi connectivity index (χ1) is 7.29. The first kappa shape index (κ1) is 10.2. The van der Waals surface area contributed by atoms with Gasteiger partial charge in [-0.1, -0.05) is 12.1 Å². The average molecular weight is 203 g/mol. The van der Waals surface area contributed by atoms with E-state index in [1.54, 1.807) is 12.1 Å². The Morgan fingerprint density at radius 3 is 2.47 bits per heavy atom. The smallest absolute Gasteiger partial charge is 0.106 e. The van der Waals surface area contributed by atoms with Gasteiger partial charge in [-0.3, -0.25) is 0 Å². The molecule has 1 aromatic carbocycles. The van der Waals surface area contributed by atoms with Crippen LogP contribution in [0.5, 0.6) is 0 Å². The molecule has 1 saturated heterocycles. The Kier molecular flexibility index (Phi) is 3.00. The number of nitrogens with zero attached hydrogens (tertiary/aromatic N) is 1. The number of hydrogen-bond donors (Lipinski definition) is 0. The molecule has 0 N–H and O–H groups in total. The monoisotopic (exact) mass is 203 g/mol. The fourth-order valence-corrected chi connectivity index (χ4v) is 1.56. The van der Waals surface area contributed by atoms with Crippen molar-refractivity contribution in [3.63, 3.8) is 0 Å². The number of hydrogen-bond acceptors (Lipinski definition) is 3. The van der Waals surface area contributed by atoms with Crippen molar-refractivity contribution in [1.82, 2.24) is 0 Å². The molecule has 0 amide bonds. The fourth-order valence-electron chi connectivity index (χ4n) is 1.56. The molecule has 78 valence electrons. The number of rotatable bonds is 1. The van der Waals surface area contributed by atoms with Crippen LogP contribution in [-0.4, -0.2) is 19.3 Å². The summed E-state index contributed by atoms with van der Waals surface area (Å²) in [5.41, 5.74) is 1.74. The lowest BCUT2D eigenvalue weighted by Gasteiger charge is -2.27. The summed E-state index contributed by atoms with van der Waals surface area (Å²) in [6, 6.07) is 9.54. The average Bonchev–Trinajstić information content (AvgIpc) is 2.30. The zero-order valence-corrected chi connectivity index (χ0v) is 8.64. The molecule has 1 heterocycles. The Hall–Kier alpha value is -1.37. The van der Waals surface area contributed by atoms with Crippen molar-refractivity contribution in [3.8, 4) is 6.07 Å². The van der Waals surface area contributed by atoms with Crippen molar-refractivity contribution in [2.75, 3.05) is 13.2 Å². The van der Waals surface area contributed by atoms with Crippen LogP contribution in [0.1, 0.15) is 24.2 Å². The highest BCUT2D eigenvalue weighted by Crippen LogP contribution is 2.22. The molecule has 0 saturated carbocycles. The van der Waals surface area contributed by atoms with Crippen LogP contribution >= 0.6 is 0 Å². The van der Waals surface area contributed by atoms with Crippen molar-refractivity contribution in [2.45, 2.75) is 19.1 Å². The second kappa shape index (κ2) is 4.43. The van der Waals surface area contributed by atoms with E-state index in [2.05, 4.69) is 6.07 Å². The second-order valence-electron chi connectivity index (χ2n) is 3.70. The standard InChI is InChI=1S/C12H13NO2/c1-9-7-15-12(8-14-9)11-4-2-10(6-13)3-5-11/h2-5,9,12H,7-8H2,1H3/t9-,12-/m0/s1. The van der Waals surface area contributed by atoms with Crippen LogP contribution in [0.2, 0.25) is 0 Å². The molecule has 3 nitrogen and oxygen atoms in total. The maximum absolute atomic E-state index is 8.67. The van der Waals surface area contributed by atoms with Crippen LogP contribution in [0.4, 0.5) is 0 Å². The number of ether oxygens (including phenoxy) is 2. The summed E-state index contributed by atoms with van der Waals surface area (Å²) in [7, 11) is 0. The van der Waals surface area contributed by atoms with Gasteiger partial charge < -0.3 is 9.47 Å². The number of nitriles is 1. The van der Waals surface area contributed by atoms with Gasteiger partial charge in [-0.05, 0) is 24.6 Å². The summed E-state index contributed by atoms with van der Waals surface area (Å²) in [6.45, 7) is 3.22. The van der Waals surface area contributed by atoms with E-state index in [-0.39, 0.29) is 12.2 Å². The largest absolute Gasteiger partial charge is 0.373 e. The molecule has 0 aliphatic carbocycles. The lowest BCUT2D eigenvalue weighted by atomic mass is 10.1. The van der Waals surface area contributed by atoms with Crippen molar-refractivity contribution in [2.24, 2.45) is 0 Å². The summed E-state index contributed by atoms with van der Waals surface area (Å²) in [4.78, 5) is 0. The van der Waals surface area contributed by atoms with E-state index in [4.69, 9.17) is 14.7 Å². The molecule has 2 atom stereocenters. The minimum Gasteiger partial charge on any atom is -0.373 e. The Morgan fingerprint density at radius 2 is 1.93 bits per heavy atom. The van der Waals surface area contributed by atoms with Crippen molar-refractivity contribution in [3.05, 3.63) is 35.4 Å². The molecule has 1 aliphatic rings. The number of benzene rings is 1. The Bertz CT molecular complexity index is 358. The van der Waals surface area contributed by atoms with Crippen molar-refractivity contribution in [1.29, 1.82) is 5.26 Å². The van der Waals surface area contributed by atoms with Gasteiger partial charge in [-0.15, -0.1) is 0 Å². The molecular formula is C12H13NO2. The summed E-state index contributed by atoms with van der Waals surface area (Å²) < 4.78 is 11.2. The molecule has 3 heteroatoms. The lowest BCUT2D eigenvalue weighted by Crippen LogP contribution is -2.28. The molecule has 0 bridgehead atoms. The lowest BCUT2D eigenvalue weighted by molar-refractivity contribution is -0.128. The molecule has 2 rings (SSSR count). The zero-order chi connectivity index (χ0) is 10.7. The topological polar surface area (TPSA) is 42.2 Å². The third-order valence-corrected chi connectivity index (χ3v) is 2.48. The molecule has 0 spiro atoms. The van der Waals surface area contributed by atoms with Crippen LogP contribution in [-0.2, 0) is 9.47 Å². The highest BCUT2D eigenvalue weighted by Gasteiger charge is 2.20. The van der Waals surface area contributed by atoms with E-state index in [0.29, 0.717) is 18.8 Å². The van der Waals surface area contributed by atoms with E-state index < -0.39 is 0 Å². The van der Waals surface area contributed by atoms with Gasteiger partial charge >= 0.3 is 0 Å². The van der Waals surface area contributed by atoms with E-state index in [9.17, 15) is 0 Å². The first-order valence-corrected chi connectivity index (χ1v) is 5.03. The predicted octanol–water partition coefficient (Wildman–Crippen LogP) is 2.03. The van der Waals surface area contributed by atoms with E-state index in [1.807, 2.05) is 19.1 Å². The Labute approximate surface area is 89.2 Å². The molecule has 1 aromatic rings. The SMILES string of the molecule is C[C@H]1CO[C@H](c2ccc(C#N)cc2)CO1. The highest BCUT2D eigenvalue weighted by molar-refractivity contribution is 5.32. The molecule has 1 aliphatic heterocycles. The van der Waals surface area contributed by atoms with Crippen LogP contribution in [0.15, 0.2) is 24.3 Å². The maximum atomic E-state index is 8.67. The first-order valence-electron chi connectivity index (χ1n) is 5.03. The maximum Gasteiger partial charge on any atom is 0.106 e. The summed E-state index contributed by atoms with van der Waals surface area (Å²) in [5.74, 6) is 0. The van der Waals surface area contributed by atoms with Gasteiger partial charge in [0.25, 0.3) is 0 Å². The van der Waals surface area contributed by atoms with Gasteiger partial charge in [0, 0.05) is 0 Å². The van der Waals surface area contributed by atoms with E-state index in [1.165, 1.54) is 0 Å². The van der Waals surface area contributed by atoms with Crippen LogP contribution in [0.25, 0.3) is 0 Å². The fraction of sp³-hybridized carbons (Fsp3) is 0.417. The minimum absolute atomic E-state index is 0.00828. The Balaban J connectivity index is 2.07. The normalized spacial score (nSPS) is 25.9. The van der Waals surface area contributed by atoms with Gasteiger partial charge in [0.05, 0.1) is 31.0 Å². The van der Waals surface area contributed by atoms with Crippen molar-refractivity contribution >= 4 is 0 Å². The van der Waals surface area contributed by atoms with Crippen LogP contribution in [0.3, 0.4) is 0 Å². The second-order valence-corrected chi connectivity index (χ2v) is 3.70. The summed E-state index contributed by atoms with van der Waals surface area (Å²) in [5, 5.41) is 8.67. The molecule has 15 heavy (non-hydrogen) atoms. The predicted molar refractivity (Wildman–Crippen MR) is 55.3 cm³/mol. The van der Waals surface area contributed by atoms with Crippen molar-refractivity contribution < 1.29 is 9.47 Å². The van der Waals surface area contributed by atoms with E-state index >= 15 is 0 Å². The third kappa shape index (κ3) is 2.35. The minimum atomic E-state index is 0.00828. The molecule has 1 fully saturated rings. The van der Waals surface area contributed by atoms with Gasteiger partial charge in [0.1, 0.15) is 6.10 Å².